The molecule has 1 aliphatic rings. The fourth-order valence-electron chi connectivity index (χ4n) is 3.32. The van der Waals surface area contributed by atoms with Crippen molar-refractivity contribution < 1.29 is 8.78 Å². The third-order valence-corrected chi connectivity index (χ3v) is 5.00. The van der Waals surface area contributed by atoms with E-state index in [0.29, 0.717) is 18.5 Å². The summed E-state index contributed by atoms with van der Waals surface area (Å²) in [5, 5.41) is 4.56. The van der Waals surface area contributed by atoms with E-state index in [-0.39, 0.29) is 5.95 Å². The van der Waals surface area contributed by atoms with Gasteiger partial charge in [0.2, 0.25) is 5.95 Å². The van der Waals surface area contributed by atoms with Crippen LogP contribution in [0.5, 0.6) is 0 Å². The summed E-state index contributed by atoms with van der Waals surface area (Å²) in [6, 6.07) is 9.95. The first-order valence-corrected chi connectivity index (χ1v) is 8.91. The molecule has 0 bridgehead atoms. The van der Waals surface area contributed by atoms with E-state index in [0.717, 1.165) is 27.4 Å². The molecule has 0 aliphatic heterocycles. The predicted octanol–water partition coefficient (Wildman–Crippen LogP) is 4.63. The number of aromatic nitrogens is 4. The summed E-state index contributed by atoms with van der Waals surface area (Å²) in [5.74, 6) is -3.01. The van der Waals surface area contributed by atoms with Crippen molar-refractivity contribution in [3.8, 4) is 11.1 Å². The van der Waals surface area contributed by atoms with E-state index >= 15 is 0 Å². The highest BCUT2D eigenvalue weighted by Crippen LogP contribution is 2.43. The van der Waals surface area contributed by atoms with Gasteiger partial charge >= 0.3 is 0 Å². The Morgan fingerprint density at radius 1 is 1.19 bits per heavy atom. The monoisotopic (exact) mass is 365 g/mol. The summed E-state index contributed by atoms with van der Waals surface area (Å²) in [4.78, 5) is 16.0. The van der Waals surface area contributed by atoms with Crippen LogP contribution in [0.1, 0.15) is 12.8 Å². The number of alkyl halides is 2. The van der Waals surface area contributed by atoms with Crippen LogP contribution >= 0.6 is 0 Å². The second-order valence-corrected chi connectivity index (χ2v) is 6.96. The molecule has 0 amide bonds. The predicted molar refractivity (Wildman–Crippen MR) is 101 cm³/mol. The molecule has 5 nitrogen and oxygen atoms in total. The second kappa shape index (κ2) is 5.97. The van der Waals surface area contributed by atoms with Gasteiger partial charge < -0.3 is 10.3 Å². The van der Waals surface area contributed by atoms with Crippen molar-refractivity contribution in [3.05, 3.63) is 48.9 Å². The lowest BCUT2D eigenvalue weighted by Crippen LogP contribution is -2.29. The van der Waals surface area contributed by atoms with Gasteiger partial charge in [-0.3, -0.25) is 4.98 Å². The van der Waals surface area contributed by atoms with Gasteiger partial charge in [0.15, 0.2) is 0 Å². The van der Waals surface area contributed by atoms with Crippen molar-refractivity contribution in [1.82, 2.24) is 19.9 Å². The SMILES string of the molecule is FC(F)(CNc1ncc2c(-c3ccc4ncccc4c3)c[nH]c2n1)C1CC1. The third-order valence-electron chi connectivity index (χ3n) is 5.00. The standard InChI is InChI=1S/C20H17F2N5/c21-20(22,14-4-5-14)11-26-19-25-10-16-15(9-24-18(16)27-19)12-3-6-17-13(8-12)2-1-7-23-17/h1-3,6-10,14H,4-5,11H2,(H2,24,25,26,27). The van der Waals surface area contributed by atoms with Crippen molar-refractivity contribution in [1.29, 1.82) is 0 Å². The molecule has 136 valence electrons. The number of fused-ring (bicyclic) bond motifs is 2. The maximum Gasteiger partial charge on any atom is 0.267 e. The molecule has 3 heterocycles. The number of hydrogen-bond donors (Lipinski definition) is 2. The van der Waals surface area contributed by atoms with Crippen LogP contribution in [-0.2, 0) is 0 Å². The van der Waals surface area contributed by atoms with Gasteiger partial charge in [0.05, 0.1) is 12.1 Å². The summed E-state index contributed by atoms with van der Waals surface area (Å²) in [6.45, 7) is -0.436. The maximum atomic E-state index is 13.8. The molecule has 0 saturated heterocycles. The molecule has 7 heteroatoms. The van der Waals surface area contributed by atoms with Crippen LogP contribution in [0.3, 0.4) is 0 Å². The average Bonchev–Trinajstić information content (AvgIpc) is 3.47. The normalized spacial score (nSPS) is 14.7. The first-order valence-electron chi connectivity index (χ1n) is 8.91. The Bertz CT molecular complexity index is 1130. The van der Waals surface area contributed by atoms with E-state index in [9.17, 15) is 8.78 Å². The lowest BCUT2D eigenvalue weighted by molar-refractivity contribution is -0.00831. The van der Waals surface area contributed by atoms with Crippen LogP contribution in [0.2, 0.25) is 0 Å². The minimum atomic E-state index is -2.71. The first kappa shape index (κ1) is 16.1. The van der Waals surface area contributed by atoms with Crippen LogP contribution in [0.25, 0.3) is 33.1 Å². The summed E-state index contributed by atoms with van der Waals surface area (Å²) >= 11 is 0. The van der Waals surface area contributed by atoms with Crippen LogP contribution in [0.15, 0.2) is 48.9 Å². The Balaban J connectivity index is 1.44. The highest BCUT2D eigenvalue weighted by Gasteiger charge is 2.46. The first-order chi connectivity index (χ1) is 13.1. The van der Waals surface area contributed by atoms with Crippen LogP contribution < -0.4 is 5.32 Å². The van der Waals surface area contributed by atoms with E-state index in [4.69, 9.17) is 0 Å². The molecule has 1 fully saturated rings. The zero-order valence-corrected chi connectivity index (χ0v) is 14.4. The number of H-pyrrole nitrogens is 1. The molecule has 2 N–H and O–H groups in total. The molecule has 0 unspecified atom stereocenters. The van der Waals surface area contributed by atoms with Gasteiger partial charge in [-0.15, -0.1) is 0 Å². The third kappa shape index (κ3) is 2.99. The molecule has 1 aliphatic carbocycles. The fraction of sp³-hybridized carbons (Fsp3) is 0.250. The van der Waals surface area contributed by atoms with Gasteiger partial charge in [-0.2, -0.15) is 4.98 Å². The second-order valence-electron chi connectivity index (χ2n) is 6.96. The van der Waals surface area contributed by atoms with Gasteiger partial charge in [0.25, 0.3) is 5.92 Å². The Morgan fingerprint density at radius 2 is 2.07 bits per heavy atom. The van der Waals surface area contributed by atoms with Crippen LogP contribution in [0.4, 0.5) is 14.7 Å². The minimum absolute atomic E-state index is 0.207. The number of rotatable bonds is 5. The lowest BCUT2D eigenvalue weighted by Gasteiger charge is -2.15. The number of aromatic amines is 1. The summed E-state index contributed by atoms with van der Waals surface area (Å²) in [5.41, 5.74) is 3.53. The van der Waals surface area contributed by atoms with Gasteiger partial charge in [0, 0.05) is 40.8 Å². The smallest absolute Gasteiger partial charge is 0.267 e. The largest absolute Gasteiger partial charge is 0.348 e. The number of benzene rings is 1. The van der Waals surface area contributed by atoms with E-state index in [1.54, 1.807) is 12.4 Å². The summed E-state index contributed by atoms with van der Waals surface area (Å²) in [7, 11) is 0. The van der Waals surface area contributed by atoms with Gasteiger partial charge in [-0.25, -0.2) is 13.8 Å². The van der Waals surface area contributed by atoms with Gasteiger partial charge in [-0.05, 0) is 36.6 Å². The summed E-state index contributed by atoms with van der Waals surface area (Å²) in [6.07, 6.45) is 6.48. The molecule has 0 spiro atoms. The highest BCUT2D eigenvalue weighted by molar-refractivity contribution is 5.96. The van der Waals surface area contributed by atoms with Gasteiger partial charge in [0.1, 0.15) is 5.65 Å². The number of anilines is 1. The minimum Gasteiger partial charge on any atom is -0.348 e. The van der Waals surface area contributed by atoms with Crippen molar-refractivity contribution in [3.63, 3.8) is 0 Å². The highest BCUT2D eigenvalue weighted by atomic mass is 19.3. The Morgan fingerprint density at radius 3 is 2.93 bits per heavy atom. The molecule has 5 rings (SSSR count). The Labute approximate surface area is 153 Å². The molecular formula is C20H17F2N5. The number of nitrogens with one attached hydrogen (secondary N) is 2. The zero-order chi connectivity index (χ0) is 18.4. The van der Waals surface area contributed by atoms with Crippen LogP contribution in [0, 0.1) is 5.92 Å². The van der Waals surface area contributed by atoms with Crippen molar-refractivity contribution in [2.75, 3.05) is 11.9 Å². The molecular weight excluding hydrogens is 348 g/mol. The summed E-state index contributed by atoms with van der Waals surface area (Å²) < 4.78 is 27.7. The number of hydrogen-bond acceptors (Lipinski definition) is 4. The topological polar surface area (TPSA) is 66.5 Å². The van der Waals surface area contributed by atoms with Crippen molar-refractivity contribution in [2.24, 2.45) is 5.92 Å². The van der Waals surface area contributed by atoms with E-state index in [1.165, 1.54) is 0 Å². The average molecular weight is 365 g/mol. The van der Waals surface area contributed by atoms with E-state index in [1.807, 2.05) is 30.5 Å². The molecule has 0 radical (unpaired) electrons. The Kier molecular flexibility index (Phi) is 3.56. The molecule has 27 heavy (non-hydrogen) atoms. The Hall–Kier alpha value is -3.09. The number of nitrogens with zero attached hydrogens (tertiary/aromatic N) is 3. The number of halogens is 2. The van der Waals surface area contributed by atoms with E-state index in [2.05, 4.69) is 31.3 Å². The quantitative estimate of drug-likeness (QED) is 0.541. The molecule has 4 aromatic rings. The van der Waals surface area contributed by atoms with Crippen LogP contribution in [-0.4, -0.2) is 32.4 Å². The molecule has 0 atom stereocenters. The maximum absolute atomic E-state index is 13.8. The van der Waals surface area contributed by atoms with E-state index < -0.39 is 18.4 Å². The molecule has 1 saturated carbocycles. The van der Waals surface area contributed by atoms with Crippen molar-refractivity contribution in [2.45, 2.75) is 18.8 Å². The van der Waals surface area contributed by atoms with Gasteiger partial charge in [-0.1, -0.05) is 12.1 Å². The fourth-order valence-corrected chi connectivity index (χ4v) is 3.32. The molecule has 3 aromatic heterocycles. The zero-order valence-electron chi connectivity index (χ0n) is 14.4. The number of pyridine rings is 1. The molecule has 1 aromatic carbocycles. The van der Waals surface area contributed by atoms with Crippen molar-refractivity contribution >= 4 is 27.9 Å². The lowest BCUT2D eigenvalue weighted by atomic mass is 10.0.